The molecule has 0 amide bonds. The predicted molar refractivity (Wildman–Crippen MR) is 110 cm³/mol. The average Bonchev–Trinajstić information content (AvgIpc) is 2.66. The number of hydrogen-bond donors (Lipinski definition) is 4. The van der Waals surface area contributed by atoms with E-state index in [1.165, 1.54) is 0 Å². The van der Waals surface area contributed by atoms with Gasteiger partial charge in [-0.05, 0) is 55.7 Å². The highest BCUT2D eigenvalue weighted by molar-refractivity contribution is 7.90. The first-order valence-electron chi connectivity index (χ1n) is 9.27. The fourth-order valence-corrected chi connectivity index (χ4v) is 5.87. The molecule has 3 aliphatic rings. The predicted octanol–water partition coefficient (Wildman–Crippen LogP) is 2.96. The molecule has 0 spiro atoms. The summed E-state index contributed by atoms with van der Waals surface area (Å²) in [5.74, 6) is 0.458. The molecule has 1 aromatic carbocycles. The second kappa shape index (κ2) is 6.12. The highest BCUT2D eigenvalue weighted by Crippen LogP contribution is 2.60. The van der Waals surface area contributed by atoms with Gasteiger partial charge in [0.1, 0.15) is 15.4 Å². The van der Waals surface area contributed by atoms with Crippen LogP contribution in [0.5, 0.6) is 5.88 Å². The normalized spacial score (nSPS) is 26.8. The molecule has 3 fully saturated rings. The van der Waals surface area contributed by atoms with Gasteiger partial charge in [-0.3, -0.25) is 4.98 Å². The van der Waals surface area contributed by atoms with Crippen molar-refractivity contribution in [3.8, 4) is 5.88 Å². The van der Waals surface area contributed by atoms with Crippen molar-refractivity contribution in [3.63, 3.8) is 0 Å². The van der Waals surface area contributed by atoms with Crippen molar-refractivity contribution in [1.82, 2.24) is 14.7 Å². The minimum Gasteiger partial charge on any atom is -0.479 e. The van der Waals surface area contributed by atoms with E-state index < -0.39 is 15.5 Å². The molecule has 2 heterocycles. The Kier molecular flexibility index (Phi) is 3.86. The number of aromatic nitrogens is 2. The van der Waals surface area contributed by atoms with Gasteiger partial charge in [0.05, 0.1) is 17.6 Å². The van der Waals surface area contributed by atoms with Crippen LogP contribution in [0, 0.1) is 4.78 Å². The molecule has 0 saturated heterocycles. The Balaban J connectivity index is 1.37. The number of fused-ring (bicyclic) bond motifs is 1. The smallest absolute Gasteiger partial charge is 0.240 e. The zero-order chi connectivity index (χ0) is 20.3. The molecule has 4 N–H and O–H groups in total. The van der Waals surface area contributed by atoms with E-state index in [1.54, 1.807) is 43.8 Å². The Morgan fingerprint density at radius 3 is 2.45 bits per heavy atom. The number of pyridine rings is 2. The molecule has 3 aromatic rings. The van der Waals surface area contributed by atoms with Gasteiger partial charge < -0.3 is 15.2 Å². The van der Waals surface area contributed by atoms with Crippen LogP contribution >= 0.6 is 0 Å². The molecule has 1 unspecified atom stereocenters. The van der Waals surface area contributed by atoms with E-state index >= 15 is 0 Å². The number of ether oxygens (including phenoxy) is 1. The van der Waals surface area contributed by atoms with Gasteiger partial charge in [-0.25, -0.2) is 18.7 Å². The highest BCUT2D eigenvalue weighted by Gasteiger charge is 2.68. The molecule has 3 aliphatic carbocycles. The van der Waals surface area contributed by atoms with E-state index in [0.717, 1.165) is 16.8 Å². The van der Waals surface area contributed by atoms with Gasteiger partial charge in [0, 0.05) is 34.7 Å². The second-order valence-corrected chi connectivity index (χ2v) is 9.71. The highest BCUT2D eigenvalue weighted by atomic mass is 32.2. The Morgan fingerprint density at radius 1 is 1.10 bits per heavy atom. The average molecular weight is 411 g/mol. The van der Waals surface area contributed by atoms with Crippen molar-refractivity contribution >= 4 is 32.2 Å². The zero-order valence-electron chi connectivity index (χ0n) is 15.8. The SMILES string of the molecule is COc1nccc2c(Nc3ccc(S(=N)(=O)NC45CC(O)(C4)C5)cc3)ccnc12. The second-order valence-electron chi connectivity index (χ2n) is 7.92. The van der Waals surface area contributed by atoms with Crippen LogP contribution in [0.3, 0.4) is 0 Å². The monoisotopic (exact) mass is 411 g/mol. The van der Waals surface area contributed by atoms with Crippen molar-refractivity contribution in [2.75, 3.05) is 12.4 Å². The lowest BCUT2D eigenvalue weighted by Crippen LogP contribution is -2.78. The van der Waals surface area contributed by atoms with Crippen LogP contribution in [-0.2, 0) is 9.92 Å². The molecule has 0 radical (unpaired) electrons. The third-order valence-corrected chi connectivity index (χ3v) is 7.30. The number of hydrogen-bond acceptors (Lipinski definition) is 7. The molecule has 2 aromatic heterocycles. The molecule has 8 nitrogen and oxygen atoms in total. The van der Waals surface area contributed by atoms with Crippen LogP contribution < -0.4 is 14.8 Å². The molecular weight excluding hydrogens is 390 g/mol. The van der Waals surface area contributed by atoms with Crippen molar-refractivity contribution < 1.29 is 14.1 Å². The first-order chi connectivity index (χ1) is 13.8. The number of nitrogens with zero attached hydrogens (tertiary/aromatic N) is 2. The summed E-state index contributed by atoms with van der Waals surface area (Å²) < 4.78 is 29.4. The third-order valence-electron chi connectivity index (χ3n) is 5.65. The van der Waals surface area contributed by atoms with Crippen molar-refractivity contribution in [3.05, 3.63) is 48.8 Å². The van der Waals surface area contributed by atoms with E-state index in [2.05, 4.69) is 20.0 Å². The maximum absolute atomic E-state index is 12.9. The van der Waals surface area contributed by atoms with Crippen LogP contribution in [0.4, 0.5) is 11.4 Å². The van der Waals surface area contributed by atoms with E-state index in [4.69, 9.17) is 9.52 Å². The van der Waals surface area contributed by atoms with Gasteiger partial charge >= 0.3 is 0 Å². The van der Waals surface area contributed by atoms with Gasteiger partial charge in [-0.1, -0.05) is 0 Å². The fourth-order valence-electron chi connectivity index (χ4n) is 4.40. The molecular formula is C20H21N5O3S. The first kappa shape index (κ1) is 18.3. The number of benzene rings is 1. The Hall–Kier alpha value is -2.75. The molecule has 1 atom stereocenters. The number of anilines is 2. The minimum atomic E-state index is -3.12. The Bertz CT molecular complexity index is 1190. The zero-order valence-corrected chi connectivity index (χ0v) is 16.6. The summed E-state index contributed by atoms with van der Waals surface area (Å²) in [6.45, 7) is 0. The molecule has 29 heavy (non-hydrogen) atoms. The maximum atomic E-state index is 12.9. The minimum absolute atomic E-state index is 0.340. The van der Waals surface area contributed by atoms with E-state index in [-0.39, 0.29) is 5.54 Å². The van der Waals surface area contributed by atoms with Gasteiger partial charge in [-0.2, -0.15) is 0 Å². The van der Waals surface area contributed by atoms with Gasteiger partial charge in [-0.15, -0.1) is 0 Å². The molecule has 150 valence electrons. The summed E-state index contributed by atoms with van der Waals surface area (Å²) in [6, 6.07) is 10.7. The van der Waals surface area contributed by atoms with E-state index in [1.807, 2.05) is 12.1 Å². The lowest BCUT2D eigenvalue weighted by Gasteiger charge is -2.67. The van der Waals surface area contributed by atoms with Gasteiger partial charge in [0.2, 0.25) is 5.88 Å². The molecule has 6 rings (SSSR count). The fraction of sp³-hybridized carbons (Fsp3) is 0.300. The lowest BCUT2D eigenvalue weighted by molar-refractivity contribution is -0.212. The van der Waals surface area contributed by atoms with Crippen LogP contribution in [0.15, 0.2) is 53.7 Å². The summed E-state index contributed by atoms with van der Waals surface area (Å²) in [5.41, 5.74) is 1.37. The largest absolute Gasteiger partial charge is 0.479 e. The van der Waals surface area contributed by atoms with E-state index in [0.29, 0.717) is 35.6 Å². The third kappa shape index (κ3) is 3.02. The van der Waals surface area contributed by atoms with E-state index in [9.17, 15) is 9.32 Å². The van der Waals surface area contributed by atoms with Gasteiger partial charge in [0.25, 0.3) is 0 Å². The summed E-state index contributed by atoms with van der Waals surface area (Å²) in [6.07, 6.45) is 5.07. The molecule has 2 bridgehead atoms. The topological polar surface area (TPSA) is 120 Å². The molecule has 0 aliphatic heterocycles. The summed E-state index contributed by atoms with van der Waals surface area (Å²) in [4.78, 5) is 8.93. The maximum Gasteiger partial charge on any atom is 0.240 e. The van der Waals surface area contributed by atoms with Crippen LogP contribution in [0.1, 0.15) is 19.3 Å². The molecule has 3 saturated carbocycles. The first-order valence-corrected chi connectivity index (χ1v) is 10.8. The van der Waals surface area contributed by atoms with Gasteiger partial charge in [0.15, 0.2) is 0 Å². The van der Waals surface area contributed by atoms with Crippen LogP contribution in [-0.4, -0.2) is 37.5 Å². The van der Waals surface area contributed by atoms with Crippen molar-refractivity contribution in [2.45, 2.75) is 35.3 Å². The number of aliphatic hydroxyl groups is 1. The van der Waals surface area contributed by atoms with Crippen LogP contribution in [0.2, 0.25) is 0 Å². The Labute approximate surface area is 168 Å². The quantitative estimate of drug-likeness (QED) is 0.495. The number of rotatable bonds is 6. The number of methoxy groups -OCH3 is 1. The standard InChI is InChI=1S/C20H21N5O3S/c1-28-18-17-15(6-8-23-18)16(7-9-22-17)24-13-2-4-14(5-3-13)29(21,27)25-19-10-20(26,11-19)12-19/h2-9,26H,10-12H2,1H3,(H,22,24)(H2,21,25,27). The van der Waals surface area contributed by atoms with Crippen molar-refractivity contribution in [1.29, 1.82) is 4.78 Å². The van der Waals surface area contributed by atoms with Crippen LogP contribution in [0.25, 0.3) is 10.9 Å². The molecule has 9 heteroatoms. The summed E-state index contributed by atoms with van der Waals surface area (Å²) in [7, 11) is -1.57. The summed E-state index contributed by atoms with van der Waals surface area (Å²) in [5, 5.41) is 14.1. The summed E-state index contributed by atoms with van der Waals surface area (Å²) >= 11 is 0. The Morgan fingerprint density at radius 2 is 1.79 bits per heavy atom. The number of nitrogens with one attached hydrogen (secondary N) is 3. The lowest BCUT2D eigenvalue weighted by atomic mass is 9.47. The van der Waals surface area contributed by atoms with Crippen molar-refractivity contribution in [2.24, 2.45) is 0 Å².